The molecule has 0 amide bonds. The lowest BCUT2D eigenvalue weighted by atomic mass is 9.76. The summed E-state index contributed by atoms with van der Waals surface area (Å²) in [5.74, 6) is 0.142. The van der Waals surface area contributed by atoms with Gasteiger partial charge in [0.25, 0.3) is 0 Å². The zero-order valence-electron chi connectivity index (χ0n) is 25.9. The van der Waals surface area contributed by atoms with E-state index >= 15 is 4.79 Å². The Morgan fingerprint density at radius 1 is 0.542 bits per heavy atom. The van der Waals surface area contributed by atoms with Crippen LogP contribution in [0.25, 0.3) is 5.57 Å². The summed E-state index contributed by atoms with van der Waals surface area (Å²) >= 11 is 1.86. The summed E-state index contributed by atoms with van der Waals surface area (Å²) < 4.78 is 0. The molecule has 3 nitrogen and oxygen atoms in total. The first kappa shape index (κ1) is 27.6. The lowest BCUT2D eigenvalue weighted by Crippen LogP contribution is -2.47. The molecule has 0 aromatic heterocycles. The third-order valence-electron chi connectivity index (χ3n) is 10.9. The zero-order valence-corrected chi connectivity index (χ0v) is 26.7. The summed E-state index contributed by atoms with van der Waals surface area (Å²) in [6.45, 7) is 0. The molecule has 4 heteroatoms. The fraction of sp³-hybridized carbons (Fsp3) is 0.0909. The SMILES string of the molecule is O=C1c2ccccc2C(=C2[C@]3(c4ccccc4)[C@@H]4Sc5ccccc5N4[C@@H](C(=O)c4ccccc4)[C@]23c2ccccc2)c2ccccc21. The highest BCUT2D eigenvalue weighted by molar-refractivity contribution is 8.00. The quantitative estimate of drug-likeness (QED) is 0.181. The van der Waals surface area contributed by atoms with Crippen molar-refractivity contribution in [2.75, 3.05) is 4.90 Å². The fourth-order valence-electron chi connectivity index (χ4n) is 9.25. The first-order chi connectivity index (χ1) is 23.7. The van der Waals surface area contributed by atoms with Gasteiger partial charge in [0.2, 0.25) is 0 Å². The summed E-state index contributed by atoms with van der Waals surface area (Å²) in [6.07, 6.45) is 0. The molecular formula is C44H29NO2S. The molecule has 1 saturated carbocycles. The second-order valence-corrected chi connectivity index (χ2v) is 14.1. The molecule has 1 saturated heterocycles. The summed E-state index contributed by atoms with van der Waals surface area (Å²) in [5.41, 5.74) is 8.37. The van der Waals surface area contributed by atoms with Crippen molar-refractivity contribution >= 4 is 34.6 Å². The van der Waals surface area contributed by atoms with Crippen LogP contribution in [0.2, 0.25) is 0 Å². The molecule has 2 heterocycles. The molecule has 0 bridgehead atoms. The van der Waals surface area contributed by atoms with Gasteiger partial charge in [-0.25, -0.2) is 0 Å². The Bertz CT molecular complexity index is 2280. The van der Waals surface area contributed by atoms with Crippen molar-refractivity contribution < 1.29 is 9.59 Å². The lowest BCUT2D eigenvalue weighted by Gasteiger charge is -2.35. The number of anilines is 1. The molecule has 4 aliphatic rings. The van der Waals surface area contributed by atoms with E-state index in [2.05, 4.69) is 102 Å². The van der Waals surface area contributed by atoms with Gasteiger partial charge in [-0.2, -0.15) is 0 Å². The minimum atomic E-state index is -0.732. The van der Waals surface area contributed by atoms with E-state index in [1.54, 1.807) is 0 Å². The number of hydrogen-bond donors (Lipinski definition) is 0. The Hall–Kier alpha value is -5.45. The maximum Gasteiger partial charge on any atom is 0.194 e. The molecule has 0 unspecified atom stereocenters. The highest BCUT2D eigenvalue weighted by atomic mass is 32.2. The van der Waals surface area contributed by atoms with Crippen molar-refractivity contribution in [2.45, 2.75) is 27.1 Å². The van der Waals surface area contributed by atoms with Gasteiger partial charge in [0.1, 0.15) is 6.04 Å². The van der Waals surface area contributed by atoms with Gasteiger partial charge in [-0.15, -0.1) is 0 Å². The third-order valence-corrected chi connectivity index (χ3v) is 12.3. The van der Waals surface area contributed by atoms with Crippen molar-refractivity contribution in [1.29, 1.82) is 0 Å². The molecule has 0 radical (unpaired) electrons. The van der Waals surface area contributed by atoms with Gasteiger partial charge in [-0.1, -0.05) is 163 Å². The Balaban J connectivity index is 1.41. The zero-order chi connectivity index (χ0) is 32.0. The smallest absolute Gasteiger partial charge is 0.194 e. The van der Waals surface area contributed by atoms with Crippen molar-refractivity contribution in [3.63, 3.8) is 0 Å². The molecule has 2 aliphatic heterocycles. The van der Waals surface area contributed by atoms with E-state index in [0.717, 1.165) is 28.0 Å². The van der Waals surface area contributed by atoms with Gasteiger partial charge in [0, 0.05) is 21.6 Å². The minimum absolute atomic E-state index is 0.0417. The Morgan fingerprint density at radius 2 is 1.02 bits per heavy atom. The van der Waals surface area contributed by atoms with Crippen LogP contribution < -0.4 is 4.90 Å². The molecule has 6 aromatic rings. The standard InChI is InChI=1S/C44H29NO2S/c46-38(28-16-4-1-5-17-28)41-43(29-18-6-2-7-19-29)40(37-31-22-10-12-24-33(31)39(47)34-25-13-11-23-32(34)37)44(43,30-20-8-3-9-21-30)42-45(41)35-26-14-15-27-36(35)48-42/h1-27,41-42H/t41-,42-,43-,44+/m0/s1. The van der Waals surface area contributed by atoms with E-state index in [9.17, 15) is 4.79 Å². The first-order valence-electron chi connectivity index (χ1n) is 16.4. The number of thioether (sulfide) groups is 1. The van der Waals surface area contributed by atoms with E-state index in [1.165, 1.54) is 16.0 Å². The van der Waals surface area contributed by atoms with Crippen LogP contribution in [-0.4, -0.2) is 23.0 Å². The van der Waals surface area contributed by atoms with E-state index in [4.69, 9.17) is 0 Å². The van der Waals surface area contributed by atoms with Crippen molar-refractivity contribution in [3.8, 4) is 0 Å². The minimum Gasteiger partial charge on any atom is -0.345 e. The predicted octanol–water partition coefficient (Wildman–Crippen LogP) is 9.13. The van der Waals surface area contributed by atoms with Crippen molar-refractivity contribution in [3.05, 3.63) is 208 Å². The molecule has 0 spiro atoms. The molecule has 2 aliphatic carbocycles. The van der Waals surface area contributed by atoms with Crippen LogP contribution in [0.3, 0.4) is 0 Å². The molecule has 10 rings (SSSR count). The van der Waals surface area contributed by atoms with Gasteiger partial charge in [0.05, 0.1) is 21.9 Å². The molecule has 48 heavy (non-hydrogen) atoms. The first-order valence-corrected chi connectivity index (χ1v) is 17.3. The highest BCUT2D eigenvalue weighted by Gasteiger charge is 2.88. The van der Waals surface area contributed by atoms with Crippen molar-refractivity contribution in [2.24, 2.45) is 0 Å². The Kier molecular flexibility index (Phi) is 5.77. The second kappa shape index (κ2) is 10.0. The number of benzene rings is 6. The van der Waals surface area contributed by atoms with Gasteiger partial charge in [-0.3, -0.25) is 9.59 Å². The molecule has 2 fully saturated rings. The van der Waals surface area contributed by atoms with E-state index in [-0.39, 0.29) is 16.9 Å². The molecule has 228 valence electrons. The van der Waals surface area contributed by atoms with Gasteiger partial charge in [-0.05, 0) is 45.5 Å². The molecule has 4 atom stereocenters. The number of rotatable bonds is 4. The van der Waals surface area contributed by atoms with Crippen LogP contribution in [0.1, 0.15) is 48.5 Å². The highest BCUT2D eigenvalue weighted by Crippen LogP contribution is 2.84. The average Bonchev–Trinajstić information content (AvgIpc) is 3.44. The molecular weight excluding hydrogens is 607 g/mol. The fourth-order valence-corrected chi connectivity index (χ4v) is 10.9. The third kappa shape index (κ3) is 3.30. The summed E-state index contributed by atoms with van der Waals surface area (Å²) in [5, 5.41) is -0.102. The van der Waals surface area contributed by atoms with Crippen LogP contribution >= 0.6 is 11.8 Å². The van der Waals surface area contributed by atoms with Crippen LogP contribution in [0, 0.1) is 0 Å². The maximum atomic E-state index is 15.4. The van der Waals surface area contributed by atoms with Gasteiger partial charge >= 0.3 is 0 Å². The van der Waals surface area contributed by atoms with Crippen LogP contribution in [0.5, 0.6) is 0 Å². The number of nitrogens with zero attached hydrogens (tertiary/aromatic N) is 1. The average molecular weight is 636 g/mol. The number of fused-ring (bicyclic) bond motifs is 7. The molecule has 0 N–H and O–H groups in total. The predicted molar refractivity (Wildman–Crippen MR) is 192 cm³/mol. The number of ketones is 2. The normalized spacial score (nSPS) is 24.3. The monoisotopic (exact) mass is 635 g/mol. The van der Waals surface area contributed by atoms with E-state index in [1.807, 2.05) is 78.5 Å². The van der Waals surface area contributed by atoms with E-state index < -0.39 is 16.9 Å². The molecule has 6 aromatic carbocycles. The van der Waals surface area contributed by atoms with E-state index in [0.29, 0.717) is 16.7 Å². The van der Waals surface area contributed by atoms with Gasteiger partial charge in [0.15, 0.2) is 11.6 Å². The van der Waals surface area contributed by atoms with Crippen LogP contribution in [-0.2, 0) is 10.8 Å². The van der Waals surface area contributed by atoms with Gasteiger partial charge < -0.3 is 4.90 Å². The largest absolute Gasteiger partial charge is 0.345 e. The Morgan fingerprint density at radius 3 is 1.62 bits per heavy atom. The summed E-state index contributed by atoms with van der Waals surface area (Å²) in [7, 11) is 0. The lowest BCUT2D eigenvalue weighted by molar-refractivity contribution is 0.0947. The number of hydrogen-bond acceptors (Lipinski definition) is 4. The summed E-state index contributed by atoms with van der Waals surface area (Å²) in [4.78, 5) is 33.1. The second-order valence-electron chi connectivity index (χ2n) is 13.0. The number of Topliss-reactive ketones (excluding diaryl/α,β-unsaturated/α-hetero) is 1. The topological polar surface area (TPSA) is 37.4 Å². The summed E-state index contributed by atoms with van der Waals surface area (Å²) in [6, 6.07) is 55.3. The van der Waals surface area contributed by atoms with Crippen molar-refractivity contribution in [1.82, 2.24) is 0 Å². The van der Waals surface area contributed by atoms with Crippen LogP contribution in [0.4, 0.5) is 5.69 Å². The number of para-hydroxylation sites is 1. The maximum absolute atomic E-state index is 15.4. The van der Waals surface area contributed by atoms with Crippen LogP contribution in [0.15, 0.2) is 174 Å². The Labute approximate surface area is 283 Å². The number of carbonyl (C=O) groups excluding carboxylic acids is 2. The number of carbonyl (C=O) groups is 2. The number of piperidine rings is 1.